The van der Waals surface area contributed by atoms with E-state index in [1.54, 1.807) is 0 Å². The van der Waals surface area contributed by atoms with Crippen LogP contribution in [0.3, 0.4) is 0 Å². The Hall–Kier alpha value is -2.25. The van der Waals surface area contributed by atoms with Gasteiger partial charge in [-0.15, -0.1) is 6.42 Å². The summed E-state index contributed by atoms with van der Waals surface area (Å²) in [6, 6.07) is 5.69. The largest absolute Gasteiger partial charge is 0.481 e. The van der Waals surface area contributed by atoms with Crippen LogP contribution in [0.25, 0.3) is 10.9 Å². The molecule has 1 atom stereocenters. The molecule has 0 saturated heterocycles. The summed E-state index contributed by atoms with van der Waals surface area (Å²) < 4.78 is 0. The first kappa shape index (κ1) is 13.2. The van der Waals surface area contributed by atoms with Gasteiger partial charge in [0.15, 0.2) is 0 Å². The highest BCUT2D eigenvalue weighted by molar-refractivity contribution is 5.88. The molecular weight excluding hydrogens is 240 g/mol. The zero-order valence-corrected chi connectivity index (χ0v) is 10.5. The van der Waals surface area contributed by atoms with Crippen LogP contribution in [-0.4, -0.2) is 22.6 Å². The molecule has 1 aromatic carbocycles. The average molecular weight is 256 g/mol. The SMILES string of the molecule is C#Cc1cccc2c(CC(CCN)C(=O)O)c[nH]c12. The highest BCUT2D eigenvalue weighted by Crippen LogP contribution is 2.24. The van der Waals surface area contributed by atoms with Gasteiger partial charge in [-0.3, -0.25) is 4.79 Å². The number of hydrogen-bond donors (Lipinski definition) is 3. The molecule has 0 aliphatic heterocycles. The van der Waals surface area contributed by atoms with Gasteiger partial charge in [-0.2, -0.15) is 0 Å². The van der Waals surface area contributed by atoms with Gasteiger partial charge in [-0.1, -0.05) is 18.1 Å². The topological polar surface area (TPSA) is 79.1 Å². The Kier molecular flexibility index (Phi) is 3.88. The molecule has 19 heavy (non-hydrogen) atoms. The third-order valence-electron chi connectivity index (χ3n) is 3.29. The zero-order valence-electron chi connectivity index (χ0n) is 10.5. The lowest BCUT2D eigenvalue weighted by atomic mass is 9.95. The van der Waals surface area contributed by atoms with Crippen LogP contribution in [-0.2, 0) is 11.2 Å². The van der Waals surface area contributed by atoms with Crippen molar-refractivity contribution in [2.45, 2.75) is 12.8 Å². The summed E-state index contributed by atoms with van der Waals surface area (Å²) in [5, 5.41) is 10.2. The van der Waals surface area contributed by atoms with E-state index in [-0.39, 0.29) is 0 Å². The minimum absolute atomic E-state index is 0.370. The Bertz CT molecular complexity index is 637. The van der Waals surface area contributed by atoms with Crippen molar-refractivity contribution < 1.29 is 9.90 Å². The Morgan fingerprint density at radius 3 is 2.95 bits per heavy atom. The number of carbonyl (C=O) groups is 1. The average Bonchev–Trinajstić information content (AvgIpc) is 2.81. The molecule has 0 radical (unpaired) electrons. The summed E-state index contributed by atoms with van der Waals surface area (Å²) in [6.07, 6.45) is 8.20. The lowest BCUT2D eigenvalue weighted by Crippen LogP contribution is -2.20. The predicted octanol–water partition coefficient (Wildman–Crippen LogP) is 1.74. The molecule has 1 unspecified atom stereocenters. The van der Waals surface area contributed by atoms with Crippen molar-refractivity contribution >= 4 is 16.9 Å². The van der Waals surface area contributed by atoms with Crippen LogP contribution in [0.1, 0.15) is 17.5 Å². The van der Waals surface area contributed by atoms with Gasteiger partial charge in [-0.25, -0.2) is 0 Å². The third kappa shape index (κ3) is 2.61. The molecule has 0 fully saturated rings. The predicted molar refractivity (Wildman–Crippen MR) is 74.7 cm³/mol. The van der Waals surface area contributed by atoms with Crippen LogP contribution in [0.4, 0.5) is 0 Å². The number of nitrogens with one attached hydrogen (secondary N) is 1. The van der Waals surface area contributed by atoms with Gasteiger partial charge in [0.1, 0.15) is 0 Å². The van der Waals surface area contributed by atoms with Gasteiger partial charge in [0, 0.05) is 17.1 Å². The van der Waals surface area contributed by atoms with Crippen molar-refractivity contribution in [3.05, 3.63) is 35.5 Å². The van der Waals surface area contributed by atoms with Crippen molar-refractivity contribution in [2.75, 3.05) is 6.54 Å². The highest BCUT2D eigenvalue weighted by atomic mass is 16.4. The van der Waals surface area contributed by atoms with Gasteiger partial charge >= 0.3 is 5.97 Å². The highest BCUT2D eigenvalue weighted by Gasteiger charge is 2.19. The molecule has 0 spiro atoms. The molecule has 0 saturated carbocycles. The number of rotatable bonds is 5. The minimum Gasteiger partial charge on any atom is -0.481 e. The first-order valence-corrected chi connectivity index (χ1v) is 6.15. The quantitative estimate of drug-likeness (QED) is 0.713. The van der Waals surface area contributed by atoms with Crippen molar-refractivity contribution in [1.29, 1.82) is 0 Å². The number of fused-ring (bicyclic) bond motifs is 1. The van der Waals surface area contributed by atoms with Crippen molar-refractivity contribution in [3.8, 4) is 12.3 Å². The fraction of sp³-hybridized carbons (Fsp3) is 0.267. The first-order chi connectivity index (χ1) is 9.17. The third-order valence-corrected chi connectivity index (χ3v) is 3.29. The number of aromatic amines is 1. The van der Waals surface area contributed by atoms with Gasteiger partial charge in [0.05, 0.1) is 11.4 Å². The fourth-order valence-electron chi connectivity index (χ4n) is 2.28. The molecule has 4 nitrogen and oxygen atoms in total. The number of terminal acetylenes is 1. The maximum Gasteiger partial charge on any atom is 0.306 e. The van der Waals surface area contributed by atoms with E-state index < -0.39 is 11.9 Å². The second kappa shape index (κ2) is 5.59. The summed E-state index contributed by atoms with van der Waals surface area (Å²) >= 11 is 0. The molecule has 0 aliphatic rings. The van der Waals surface area contributed by atoms with E-state index in [1.165, 1.54) is 0 Å². The molecule has 4 N–H and O–H groups in total. The van der Waals surface area contributed by atoms with Crippen molar-refractivity contribution in [1.82, 2.24) is 4.98 Å². The normalized spacial score (nSPS) is 12.2. The summed E-state index contributed by atoms with van der Waals surface area (Å²) in [5.74, 6) is 1.35. The van der Waals surface area contributed by atoms with E-state index in [0.29, 0.717) is 19.4 Å². The molecule has 1 heterocycles. The summed E-state index contributed by atoms with van der Waals surface area (Å²) in [6.45, 7) is 0.370. The molecule has 0 bridgehead atoms. The Labute approximate surface area is 111 Å². The molecule has 4 heteroatoms. The molecule has 1 aromatic heterocycles. The van der Waals surface area contributed by atoms with Gasteiger partial charge < -0.3 is 15.8 Å². The van der Waals surface area contributed by atoms with E-state index in [0.717, 1.165) is 22.0 Å². The molecule has 2 aromatic rings. The lowest BCUT2D eigenvalue weighted by molar-refractivity contribution is -0.141. The first-order valence-electron chi connectivity index (χ1n) is 6.15. The van der Waals surface area contributed by atoms with Crippen LogP contribution in [0, 0.1) is 18.3 Å². The Balaban J connectivity index is 2.36. The fourth-order valence-corrected chi connectivity index (χ4v) is 2.28. The number of aromatic nitrogens is 1. The number of H-pyrrole nitrogens is 1. The maximum absolute atomic E-state index is 11.2. The summed E-state index contributed by atoms with van der Waals surface area (Å²) in [7, 11) is 0. The summed E-state index contributed by atoms with van der Waals surface area (Å²) in [4.78, 5) is 14.3. The number of hydrogen-bond acceptors (Lipinski definition) is 2. The van der Waals surface area contributed by atoms with Crippen LogP contribution in [0.5, 0.6) is 0 Å². The number of carboxylic acid groups (broad SMARTS) is 1. The molecule has 98 valence electrons. The molecule has 0 amide bonds. The molecule has 2 rings (SSSR count). The second-order valence-corrected chi connectivity index (χ2v) is 4.50. The van der Waals surface area contributed by atoms with Gasteiger partial charge in [0.2, 0.25) is 0 Å². The van der Waals surface area contributed by atoms with Crippen LogP contribution in [0.2, 0.25) is 0 Å². The van der Waals surface area contributed by atoms with E-state index in [9.17, 15) is 9.90 Å². The Morgan fingerprint density at radius 2 is 2.32 bits per heavy atom. The number of aliphatic carboxylic acids is 1. The zero-order chi connectivity index (χ0) is 13.8. The monoisotopic (exact) mass is 256 g/mol. The van der Waals surface area contributed by atoms with Crippen LogP contribution >= 0.6 is 0 Å². The molecule has 0 aliphatic carbocycles. The van der Waals surface area contributed by atoms with Crippen molar-refractivity contribution in [2.24, 2.45) is 11.7 Å². The van der Waals surface area contributed by atoms with Crippen molar-refractivity contribution in [3.63, 3.8) is 0 Å². The maximum atomic E-state index is 11.2. The lowest BCUT2D eigenvalue weighted by Gasteiger charge is -2.10. The van der Waals surface area contributed by atoms with Crippen LogP contribution in [0.15, 0.2) is 24.4 Å². The second-order valence-electron chi connectivity index (χ2n) is 4.50. The standard InChI is InChI=1S/C15H16N2O2/c1-2-10-4-3-5-13-12(9-17-14(10)13)8-11(6-7-16)15(18)19/h1,3-5,9,11,17H,6-8,16H2,(H,18,19). The number of nitrogens with two attached hydrogens (primary N) is 1. The number of carboxylic acids is 1. The smallest absolute Gasteiger partial charge is 0.306 e. The van der Waals surface area contributed by atoms with E-state index in [1.807, 2.05) is 24.4 Å². The van der Waals surface area contributed by atoms with E-state index in [2.05, 4.69) is 10.9 Å². The van der Waals surface area contributed by atoms with Gasteiger partial charge in [-0.05, 0) is 31.0 Å². The van der Waals surface area contributed by atoms with E-state index >= 15 is 0 Å². The summed E-state index contributed by atoms with van der Waals surface area (Å²) in [5.41, 5.74) is 8.10. The minimum atomic E-state index is -0.812. The number of benzene rings is 1. The number of para-hydroxylation sites is 1. The van der Waals surface area contributed by atoms with E-state index in [4.69, 9.17) is 12.2 Å². The van der Waals surface area contributed by atoms with Crippen LogP contribution < -0.4 is 5.73 Å². The van der Waals surface area contributed by atoms with Gasteiger partial charge in [0.25, 0.3) is 0 Å². The Morgan fingerprint density at radius 1 is 1.53 bits per heavy atom. The molecular formula is C15H16N2O2.